The van der Waals surface area contributed by atoms with E-state index in [0.29, 0.717) is 5.75 Å². The molecule has 0 unspecified atom stereocenters. The second-order valence-electron chi connectivity index (χ2n) is 5.97. The topological polar surface area (TPSA) is 62.9 Å². The van der Waals surface area contributed by atoms with Crippen LogP contribution < -0.4 is 9.47 Å². The summed E-state index contributed by atoms with van der Waals surface area (Å²) in [6, 6.07) is 12.4. The van der Waals surface area contributed by atoms with Crippen LogP contribution in [0.15, 0.2) is 53.6 Å². The van der Waals surface area contributed by atoms with Gasteiger partial charge < -0.3 is 14.5 Å². The van der Waals surface area contributed by atoms with Crippen molar-refractivity contribution in [2.24, 2.45) is 0 Å². The highest BCUT2D eigenvalue weighted by Crippen LogP contribution is 2.34. The van der Waals surface area contributed by atoms with Gasteiger partial charge in [0.25, 0.3) is 0 Å². The van der Waals surface area contributed by atoms with Crippen LogP contribution in [0.25, 0.3) is 22.2 Å². The molecule has 0 aliphatic rings. The molecular weight excluding hydrogens is 365 g/mol. The number of nitrogens with one attached hydrogen (secondary N) is 2. The maximum Gasteiger partial charge on any atom is 0.131 e. The van der Waals surface area contributed by atoms with Gasteiger partial charge in [-0.1, -0.05) is 0 Å². The van der Waals surface area contributed by atoms with Crippen molar-refractivity contribution in [1.29, 1.82) is 0 Å². The van der Waals surface area contributed by atoms with Crippen molar-refractivity contribution in [3.05, 3.63) is 60.2 Å². The Morgan fingerprint density at radius 2 is 1.96 bits per heavy atom. The van der Waals surface area contributed by atoms with Gasteiger partial charge in [0.2, 0.25) is 0 Å². The molecule has 27 heavy (non-hydrogen) atoms. The summed E-state index contributed by atoms with van der Waals surface area (Å²) in [4.78, 5) is 4.17. The number of hydrogen-bond donors (Lipinski definition) is 2. The molecule has 0 bridgehead atoms. The van der Waals surface area contributed by atoms with E-state index >= 15 is 0 Å². The van der Waals surface area contributed by atoms with Gasteiger partial charge in [-0.3, -0.25) is 5.10 Å². The highest BCUT2D eigenvalue weighted by Gasteiger charge is 2.12. The second kappa shape index (κ2) is 7.36. The molecule has 0 atom stereocenters. The van der Waals surface area contributed by atoms with Crippen LogP contribution in [0.3, 0.4) is 0 Å². The van der Waals surface area contributed by atoms with E-state index in [9.17, 15) is 4.39 Å². The zero-order valence-electron chi connectivity index (χ0n) is 14.9. The third kappa shape index (κ3) is 3.50. The zero-order valence-corrected chi connectivity index (χ0v) is 15.7. The molecule has 0 spiro atoms. The van der Waals surface area contributed by atoms with E-state index < -0.39 is 0 Å². The summed E-state index contributed by atoms with van der Waals surface area (Å²) in [5.74, 6) is 1.91. The fraction of sp³-hybridized carbons (Fsp3) is 0.150. The standard InChI is InChI=1S/C20H18FN3O2S/c1-25-14-4-6-15(19(9-14)26-2)18-8-13(23-24-18)11-27-20-10-22-17-7-12(21)3-5-16(17)20/h3-10,22H,11H2,1-2H3,(H,23,24). The first-order valence-electron chi connectivity index (χ1n) is 8.34. The molecule has 7 heteroatoms. The minimum atomic E-state index is -0.244. The Morgan fingerprint density at radius 3 is 2.78 bits per heavy atom. The average molecular weight is 383 g/mol. The lowest BCUT2D eigenvalue weighted by atomic mass is 10.1. The number of aromatic nitrogens is 3. The van der Waals surface area contributed by atoms with Gasteiger partial charge in [-0.15, -0.1) is 11.8 Å². The third-order valence-corrected chi connectivity index (χ3v) is 5.40. The van der Waals surface area contributed by atoms with E-state index in [1.54, 1.807) is 32.0 Å². The third-order valence-electron chi connectivity index (χ3n) is 4.31. The van der Waals surface area contributed by atoms with Crippen LogP contribution in [-0.2, 0) is 5.75 Å². The molecule has 2 aromatic carbocycles. The Bertz CT molecular complexity index is 1090. The SMILES string of the molecule is COc1ccc(-c2cc(CSc3c[nH]c4cc(F)ccc34)n[nH]2)c(OC)c1. The van der Waals surface area contributed by atoms with Crippen LogP contribution in [-0.4, -0.2) is 29.4 Å². The molecule has 0 radical (unpaired) electrons. The van der Waals surface area contributed by atoms with Crippen molar-refractivity contribution >= 4 is 22.7 Å². The van der Waals surface area contributed by atoms with Crippen molar-refractivity contribution in [2.45, 2.75) is 10.6 Å². The highest BCUT2D eigenvalue weighted by molar-refractivity contribution is 7.98. The minimum Gasteiger partial charge on any atom is -0.497 e. The lowest BCUT2D eigenvalue weighted by Crippen LogP contribution is -1.90. The fourth-order valence-electron chi connectivity index (χ4n) is 2.94. The van der Waals surface area contributed by atoms with Gasteiger partial charge in [-0.25, -0.2) is 4.39 Å². The van der Waals surface area contributed by atoms with Gasteiger partial charge in [0.05, 0.1) is 25.6 Å². The van der Waals surface area contributed by atoms with Crippen molar-refractivity contribution in [3.8, 4) is 22.8 Å². The molecular formula is C20H18FN3O2S. The summed E-state index contributed by atoms with van der Waals surface area (Å²) >= 11 is 1.65. The summed E-state index contributed by atoms with van der Waals surface area (Å²) in [6.45, 7) is 0. The molecule has 2 heterocycles. The molecule has 0 aliphatic carbocycles. The second-order valence-corrected chi connectivity index (χ2v) is 6.99. The molecule has 2 N–H and O–H groups in total. The number of ether oxygens (including phenoxy) is 2. The number of nitrogens with zero attached hydrogens (tertiary/aromatic N) is 1. The van der Waals surface area contributed by atoms with E-state index in [2.05, 4.69) is 15.2 Å². The summed E-state index contributed by atoms with van der Waals surface area (Å²) in [5.41, 5.74) is 3.52. The van der Waals surface area contributed by atoms with E-state index in [0.717, 1.165) is 44.2 Å². The maximum atomic E-state index is 13.3. The van der Waals surface area contributed by atoms with Crippen molar-refractivity contribution in [1.82, 2.24) is 15.2 Å². The number of methoxy groups -OCH3 is 2. The van der Waals surface area contributed by atoms with Crippen molar-refractivity contribution in [2.75, 3.05) is 14.2 Å². The molecule has 0 aliphatic heterocycles. The van der Waals surface area contributed by atoms with Crippen LogP contribution >= 0.6 is 11.8 Å². The number of thioether (sulfide) groups is 1. The van der Waals surface area contributed by atoms with Gasteiger partial charge in [0.15, 0.2) is 0 Å². The van der Waals surface area contributed by atoms with Crippen molar-refractivity contribution < 1.29 is 13.9 Å². The number of aromatic amines is 2. The van der Waals surface area contributed by atoms with Gasteiger partial charge in [0.1, 0.15) is 17.3 Å². The first kappa shape index (κ1) is 17.5. The van der Waals surface area contributed by atoms with E-state index in [1.165, 1.54) is 12.1 Å². The lowest BCUT2D eigenvalue weighted by molar-refractivity contribution is 0.395. The molecule has 0 amide bonds. The largest absolute Gasteiger partial charge is 0.497 e. The van der Waals surface area contributed by atoms with Crippen LogP contribution in [0.5, 0.6) is 11.5 Å². The van der Waals surface area contributed by atoms with Gasteiger partial charge in [-0.2, -0.15) is 5.10 Å². The minimum absolute atomic E-state index is 0.244. The molecule has 138 valence electrons. The molecule has 0 saturated carbocycles. The Morgan fingerprint density at radius 1 is 1.07 bits per heavy atom. The molecule has 0 fully saturated rings. The molecule has 4 rings (SSSR count). The summed E-state index contributed by atoms with van der Waals surface area (Å²) in [6.07, 6.45) is 1.90. The maximum absolute atomic E-state index is 13.3. The number of H-pyrrole nitrogens is 2. The quantitative estimate of drug-likeness (QED) is 0.460. The smallest absolute Gasteiger partial charge is 0.131 e. The number of fused-ring (bicyclic) bond motifs is 1. The number of benzene rings is 2. The zero-order chi connectivity index (χ0) is 18.8. The molecule has 4 aromatic rings. The molecule has 5 nitrogen and oxygen atoms in total. The van der Waals surface area contributed by atoms with Crippen LogP contribution in [0.1, 0.15) is 5.69 Å². The van der Waals surface area contributed by atoms with E-state index in [4.69, 9.17) is 9.47 Å². The van der Waals surface area contributed by atoms with Crippen LogP contribution in [0, 0.1) is 5.82 Å². The first-order valence-corrected chi connectivity index (χ1v) is 9.32. The van der Waals surface area contributed by atoms with Gasteiger partial charge in [-0.05, 0) is 36.4 Å². The van der Waals surface area contributed by atoms with Gasteiger partial charge in [0, 0.05) is 39.4 Å². The normalized spacial score (nSPS) is 11.1. The Labute approximate surface area is 159 Å². The first-order chi connectivity index (χ1) is 13.2. The van der Waals surface area contributed by atoms with Gasteiger partial charge >= 0.3 is 0 Å². The number of rotatable bonds is 6. The molecule has 2 aromatic heterocycles. The highest BCUT2D eigenvalue weighted by atomic mass is 32.2. The van der Waals surface area contributed by atoms with Crippen LogP contribution in [0.2, 0.25) is 0 Å². The lowest BCUT2D eigenvalue weighted by Gasteiger charge is -2.08. The monoisotopic (exact) mass is 383 g/mol. The molecule has 0 saturated heterocycles. The van der Waals surface area contributed by atoms with Crippen LogP contribution in [0.4, 0.5) is 4.39 Å². The Hall–Kier alpha value is -2.93. The Balaban J connectivity index is 1.53. The Kier molecular flexibility index (Phi) is 4.77. The average Bonchev–Trinajstić information content (AvgIpc) is 3.32. The predicted octanol–water partition coefficient (Wildman–Crippen LogP) is 5.01. The van der Waals surface area contributed by atoms with Crippen molar-refractivity contribution in [3.63, 3.8) is 0 Å². The summed E-state index contributed by atoms with van der Waals surface area (Å²) in [5, 5.41) is 8.48. The summed E-state index contributed by atoms with van der Waals surface area (Å²) in [7, 11) is 3.25. The number of hydrogen-bond acceptors (Lipinski definition) is 4. The number of halogens is 1. The van der Waals surface area contributed by atoms with E-state index in [1.807, 2.05) is 30.5 Å². The summed E-state index contributed by atoms with van der Waals surface area (Å²) < 4.78 is 24.0. The fourth-order valence-corrected chi connectivity index (χ4v) is 3.87. The predicted molar refractivity (Wildman–Crippen MR) is 105 cm³/mol. The van der Waals surface area contributed by atoms with E-state index in [-0.39, 0.29) is 5.82 Å².